The van der Waals surface area contributed by atoms with E-state index in [1.54, 1.807) is 0 Å². The molecule has 1 N–H and O–H groups in total. The lowest BCUT2D eigenvalue weighted by molar-refractivity contribution is -0.122. The summed E-state index contributed by atoms with van der Waals surface area (Å²) in [5, 5.41) is 9.29. The molecule has 3 aliphatic rings. The van der Waals surface area contributed by atoms with Crippen molar-refractivity contribution in [1.82, 2.24) is 15.4 Å². The SMILES string of the molecule is O=C(CC1CC1)NC1CCC(CCN2CCN(c3noc4cc(Cl)ccc34)CC2)CC1. The second kappa shape index (κ2) is 9.37. The second-order valence-electron chi connectivity index (χ2n) is 9.70. The number of aromatic nitrogens is 1. The molecule has 0 spiro atoms. The Bertz CT molecular complexity index is 896. The number of fused-ring (bicyclic) bond motifs is 1. The molecule has 0 unspecified atom stereocenters. The van der Waals surface area contributed by atoms with Crippen molar-refractivity contribution >= 4 is 34.3 Å². The molecule has 6 nitrogen and oxygen atoms in total. The van der Waals surface area contributed by atoms with Gasteiger partial charge in [-0.2, -0.15) is 0 Å². The van der Waals surface area contributed by atoms with Gasteiger partial charge in [0.15, 0.2) is 11.4 Å². The number of amides is 1. The fourth-order valence-electron chi connectivity index (χ4n) is 5.14. The number of hydrogen-bond donors (Lipinski definition) is 1. The highest BCUT2D eigenvalue weighted by molar-refractivity contribution is 6.31. The Morgan fingerprint density at radius 2 is 1.81 bits per heavy atom. The Kier molecular flexibility index (Phi) is 6.37. The zero-order valence-electron chi connectivity index (χ0n) is 18.2. The number of rotatable bonds is 7. The topological polar surface area (TPSA) is 61.6 Å². The van der Waals surface area contributed by atoms with Crippen LogP contribution in [0.25, 0.3) is 11.0 Å². The molecular formula is C24H33ClN4O2. The number of carbonyl (C=O) groups excluding carboxylic acids is 1. The zero-order chi connectivity index (χ0) is 21.2. The summed E-state index contributed by atoms with van der Waals surface area (Å²) in [5.74, 6) is 2.71. The number of carbonyl (C=O) groups is 1. The van der Waals surface area contributed by atoms with Crippen LogP contribution in [0.3, 0.4) is 0 Å². The standard InChI is InChI=1S/C24H33ClN4O2/c25-19-5-8-21-22(16-19)31-27-24(21)29-13-11-28(12-14-29)10-9-17-3-6-20(7-4-17)26-23(30)15-18-1-2-18/h5,8,16-18,20H,1-4,6-7,9-15H2,(H,26,30). The molecule has 0 bridgehead atoms. The highest BCUT2D eigenvalue weighted by Gasteiger charge is 2.28. The fourth-order valence-corrected chi connectivity index (χ4v) is 5.30. The molecule has 7 heteroatoms. The van der Waals surface area contributed by atoms with Crippen LogP contribution in [0.15, 0.2) is 22.7 Å². The Morgan fingerprint density at radius 3 is 2.55 bits per heavy atom. The average molecular weight is 445 g/mol. The first-order valence-corrected chi connectivity index (χ1v) is 12.3. The lowest BCUT2D eigenvalue weighted by Gasteiger charge is -2.36. The van der Waals surface area contributed by atoms with Gasteiger partial charge in [0.2, 0.25) is 5.91 Å². The Hall–Kier alpha value is -1.79. The van der Waals surface area contributed by atoms with Gasteiger partial charge in [0, 0.05) is 49.7 Å². The van der Waals surface area contributed by atoms with E-state index in [9.17, 15) is 4.79 Å². The molecule has 168 valence electrons. The van der Waals surface area contributed by atoms with Gasteiger partial charge in [-0.05, 0) is 75.5 Å². The van der Waals surface area contributed by atoms with Crippen molar-refractivity contribution in [2.75, 3.05) is 37.6 Å². The normalized spacial score (nSPS) is 25.1. The largest absolute Gasteiger partial charge is 0.354 e. The molecule has 2 aromatic rings. The van der Waals surface area contributed by atoms with Gasteiger partial charge in [-0.3, -0.25) is 9.69 Å². The van der Waals surface area contributed by atoms with Crippen molar-refractivity contribution in [3.05, 3.63) is 23.2 Å². The van der Waals surface area contributed by atoms with E-state index < -0.39 is 0 Å². The second-order valence-corrected chi connectivity index (χ2v) is 10.1. The number of benzene rings is 1. The van der Waals surface area contributed by atoms with Crippen molar-refractivity contribution in [3.63, 3.8) is 0 Å². The molecule has 1 aromatic carbocycles. The molecule has 0 atom stereocenters. The summed E-state index contributed by atoms with van der Waals surface area (Å²) in [6.45, 7) is 5.25. The van der Waals surface area contributed by atoms with Crippen LogP contribution < -0.4 is 10.2 Å². The summed E-state index contributed by atoms with van der Waals surface area (Å²) in [5.41, 5.74) is 0.754. The summed E-state index contributed by atoms with van der Waals surface area (Å²) >= 11 is 6.06. The monoisotopic (exact) mass is 444 g/mol. The lowest BCUT2D eigenvalue weighted by atomic mass is 9.84. The van der Waals surface area contributed by atoms with E-state index in [1.807, 2.05) is 18.2 Å². The maximum atomic E-state index is 12.0. The van der Waals surface area contributed by atoms with Crippen LogP contribution in [-0.2, 0) is 4.79 Å². The Labute approximate surface area is 189 Å². The summed E-state index contributed by atoms with van der Waals surface area (Å²) in [7, 11) is 0. The summed E-state index contributed by atoms with van der Waals surface area (Å²) in [6, 6.07) is 6.14. The fraction of sp³-hybridized carbons (Fsp3) is 0.667. The number of nitrogens with zero attached hydrogens (tertiary/aromatic N) is 3. The van der Waals surface area contributed by atoms with Crippen molar-refractivity contribution in [3.8, 4) is 0 Å². The molecule has 2 aliphatic carbocycles. The van der Waals surface area contributed by atoms with Gasteiger partial charge >= 0.3 is 0 Å². The minimum Gasteiger partial charge on any atom is -0.354 e. The highest BCUT2D eigenvalue weighted by atomic mass is 35.5. The van der Waals surface area contributed by atoms with Crippen molar-refractivity contribution in [2.24, 2.45) is 11.8 Å². The average Bonchev–Trinajstić information content (AvgIpc) is 3.49. The molecule has 1 aliphatic heterocycles. The Morgan fingerprint density at radius 1 is 1.06 bits per heavy atom. The number of piperazine rings is 1. The van der Waals surface area contributed by atoms with Crippen LogP contribution in [0.5, 0.6) is 0 Å². The van der Waals surface area contributed by atoms with E-state index in [0.29, 0.717) is 17.0 Å². The first kappa shape index (κ1) is 21.1. The molecule has 1 aromatic heterocycles. The van der Waals surface area contributed by atoms with E-state index >= 15 is 0 Å². The molecule has 31 heavy (non-hydrogen) atoms. The van der Waals surface area contributed by atoms with Gasteiger partial charge in [0.05, 0.1) is 5.39 Å². The van der Waals surface area contributed by atoms with Gasteiger partial charge in [-0.1, -0.05) is 16.8 Å². The molecule has 5 rings (SSSR count). The quantitative estimate of drug-likeness (QED) is 0.682. The number of halogens is 1. The van der Waals surface area contributed by atoms with Crippen LogP contribution in [0.2, 0.25) is 5.02 Å². The minimum absolute atomic E-state index is 0.284. The van der Waals surface area contributed by atoms with Gasteiger partial charge < -0.3 is 14.7 Å². The predicted octanol–water partition coefficient (Wildman–Crippen LogP) is 4.47. The van der Waals surface area contributed by atoms with Gasteiger partial charge in [0.1, 0.15) is 0 Å². The Balaban J connectivity index is 1.02. The highest BCUT2D eigenvalue weighted by Crippen LogP contribution is 2.33. The van der Waals surface area contributed by atoms with Gasteiger partial charge in [-0.15, -0.1) is 0 Å². The van der Waals surface area contributed by atoms with Crippen molar-refractivity contribution in [1.29, 1.82) is 0 Å². The lowest BCUT2D eigenvalue weighted by Crippen LogP contribution is -2.47. The molecule has 1 saturated heterocycles. The predicted molar refractivity (Wildman–Crippen MR) is 124 cm³/mol. The molecule has 1 amide bonds. The molecular weight excluding hydrogens is 412 g/mol. The third-order valence-electron chi connectivity index (χ3n) is 7.32. The van der Waals surface area contributed by atoms with E-state index in [-0.39, 0.29) is 5.91 Å². The third-order valence-corrected chi connectivity index (χ3v) is 7.56. The van der Waals surface area contributed by atoms with Crippen LogP contribution in [0.4, 0.5) is 5.82 Å². The summed E-state index contributed by atoms with van der Waals surface area (Å²) < 4.78 is 5.48. The maximum Gasteiger partial charge on any atom is 0.220 e. The van der Waals surface area contributed by atoms with E-state index in [2.05, 4.69) is 20.3 Å². The van der Waals surface area contributed by atoms with E-state index in [1.165, 1.54) is 38.6 Å². The molecule has 0 radical (unpaired) electrons. The maximum absolute atomic E-state index is 12.0. The summed E-state index contributed by atoms with van der Waals surface area (Å²) in [4.78, 5) is 16.9. The zero-order valence-corrected chi connectivity index (χ0v) is 18.9. The van der Waals surface area contributed by atoms with Crippen LogP contribution in [0.1, 0.15) is 51.4 Å². The first-order chi connectivity index (χ1) is 15.1. The number of hydrogen-bond acceptors (Lipinski definition) is 5. The molecule has 3 fully saturated rings. The van der Waals surface area contributed by atoms with Crippen LogP contribution >= 0.6 is 11.6 Å². The van der Waals surface area contributed by atoms with Crippen molar-refractivity contribution in [2.45, 2.75) is 57.4 Å². The minimum atomic E-state index is 0.284. The number of nitrogens with one attached hydrogen (secondary N) is 1. The van der Waals surface area contributed by atoms with Gasteiger partial charge in [-0.25, -0.2) is 0 Å². The summed E-state index contributed by atoms with van der Waals surface area (Å²) in [6.07, 6.45) is 9.33. The smallest absolute Gasteiger partial charge is 0.220 e. The van der Waals surface area contributed by atoms with Crippen LogP contribution in [0, 0.1) is 11.8 Å². The molecule has 2 heterocycles. The number of anilines is 1. The molecule has 2 saturated carbocycles. The van der Waals surface area contributed by atoms with Crippen LogP contribution in [-0.4, -0.2) is 54.7 Å². The van der Waals surface area contributed by atoms with E-state index in [0.717, 1.165) is 68.1 Å². The van der Waals surface area contributed by atoms with E-state index in [4.69, 9.17) is 16.1 Å². The van der Waals surface area contributed by atoms with Gasteiger partial charge in [0.25, 0.3) is 0 Å². The van der Waals surface area contributed by atoms with Crippen molar-refractivity contribution < 1.29 is 9.32 Å². The third kappa shape index (κ3) is 5.35. The first-order valence-electron chi connectivity index (χ1n) is 12.0.